The lowest BCUT2D eigenvalue weighted by molar-refractivity contribution is 0.0948. The van der Waals surface area contributed by atoms with Crippen LogP contribution in [0.3, 0.4) is 0 Å². The average Bonchev–Trinajstić information content (AvgIpc) is 2.39. The van der Waals surface area contributed by atoms with E-state index in [1.54, 1.807) is 0 Å². The molecule has 0 bridgehead atoms. The summed E-state index contributed by atoms with van der Waals surface area (Å²) in [6.45, 7) is 2.45. The third kappa shape index (κ3) is 5.26. The highest BCUT2D eigenvalue weighted by Crippen LogP contribution is 2.22. The van der Waals surface area contributed by atoms with Gasteiger partial charge < -0.3 is 5.32 Å². The van der Waals surface area contributed by atoms with Gasteiger partial charge in [-0.2, -0.15) is 0 Å². The van der Waals surface area contributed by atoms with E-state index in [0.717, 1.165) is 37.8 Å². The molecule has 1 aromatic rings. The highest BCUT2D eigenvalue weighted by atomic mass is 35.5. The smallest absolute Gasteiger partial charge is 0.254 e. The molecule has 0 fully saturated rings. The van der Waals surface area contributed by atoms with Gasteiger partial charge in [-0.05, 0) is 18.6 Å². The van der Waals surface area contributed by atoms with Crippen LogP contribution in [0, 0.1) is 5.82 Å². The monoisotopic (exact) mass is 336 g/mol. The van der Waals surface area contributed by atoms with Crippen molar-refractivity contribution in [1.29, 1.82) is 0 Å². The van der Waals surface area contributed by atoms with Gasteiger partial charge in [0.25, 0.3) is 5.91 Å². The standard InChI is InChI=1S/C13H18ClFN2O3S/c1-2-3-4-5-6-17-13(18)10-7-9(14)8-11(12(10)15)21(16,19)20/h7-8H,2-6H2,1H3,(H,17,18)(H2,16,19,20). The topological polar surface area (TPSA) is 89.3 Å². The fourth-order valence-electron chi connectivity index (χ4n) is 1.79. The second kappa shape index (κ2) is 7.72. The van der Waals surface area contributed by atoms with Crippen LogP contribution in [0.25, 0.3) is 0 Å². The summed E-state index contributed by atoms with van der Waals surface area (Å²) in [5.74, 6) is -1.90. The lowest BCUT2D eigenvalue weighted by Crippen LogP contribution is -2.26. The maximum Gasteiger partial charge on any atom is 0.254 e. The Morgan fingerprint density at radius 1 is 1.33 bits per heavy atom. The number of hydrogen-bond acceptors (Lipinski definition) is 3. The van der Waals surface area contributed by atoms with Gasteiger partial charge >= 0.3 is 0 Å². The molecule has 1 rings (SSSR count). The van der Waals surface area contributed by atoms with E-state index in [4.69, 9.17) is 16.7 Å². The van der Waals surface area contributed by atoms with Gasteiger partial charge in [-0.3, -0.25) is 4.79 Å². The molecule has 0 unspecified atom stereocenters. The van der Waals surface area contributed by atoms with E-state index < -0.39 is 32.2 Å². The van der Waals surface area contributed by atoms with Crippen molar-refractivity contribution in [3.63, 3.8) is 0 Å². The molecule has 0 saturated carbocycles. The molecule has 118 valence electrons. The van der Waals surface area contributed by atoms with Gasteiger partial charge in [0.2, 0.25) is 10.0 Å². The van der Waals surface area contributed by atoms with Crippen LogP contribution in [0.4, 0.5) is 4.39 Å². The van der Waals surface area contributed by atoms with E-state index in [1.807, 2.05) is 0 Å². The number of nitrogens with one attached hydrogen (secondary N) is 1. The Kier molecular flexibility index (Phi) is 6.57. The number of carbonyl (C=O) groups is 1. The molecule has 0 saturated heterocycles. The van der Waals surface area contributed by atoms with Crippen LogP contribution < -0.4 is 10.5 Å². The predicted molar refractivity (Wildman–Crippen MR) is 79.3 cm³/mol. The molecule has 0 radical (unpaired) electrons. The molecule has 0 aliphatic rings. The number of halogens is 2. The number of carbonyl (C=O) groups excluding carboxylic acids is 1. The molecule has 0 aliphatic heterocycles. The minimum atomic E-state index is -4.28. The lowest BCUT2D eigenvalue weighted by atomic mass is 10.2. The second-order valence-electron chi connectivity index (χ2n) is 4.63. The first-order valence-electron chi connectivity index (χ1n) is 6.57. The molecule has 0 heterocycles. The van der Waals surface area contributed by atoms with Crippen LogP contribution in [-0.2, 0) is 10.0 Å². The van der Waals surface area contributed by atoms with E-state index in [-0.39, 0.29) is 5.02 Å². The van der Waals surface area contributed by atoms with Gasteiger partial charge in [-0.15, -0.1) is 0 Å². The van der Waals surface area contributed by atoms with Crippen molar-refractivity contribution in [2.45, 2.75) is 37.5 Å². The summed E-state index contributed by atoms with van der Waals surface area (Å²) < 4.78 is 36.6. The van der Waals surface area contributed by atoms with Gasteiger partial charge in [-0.25, -0.2) is 17.9 Å². The molecule has 0 aromatic heterocycles. The Bertz CT molecular complexity index is 620. The minimum absolute atomic E-state index is 0.0726. The van der Waals surface area contributed by atoms with Crippen molar-refractivity contribution < 1.29 is 17.6 Å². The number of rotatable bonds is 7. The van der Waals surface area contributed by atoms with E-state index in [9.17, 15) is 17.6 Å². The molecular weight excluding hydrogens is 319 g/mol. The molecule has 1 aromatic carbocycles. The summed E-state index contributed by atoms with van der Waals surface area (Å²) in [6.07, 6.45) is 3.84. The molecular formula is C13H18ClFN2O3S. The predicted octanol–water partition coefficient (Wildman–Crippen LogP) is 2.44. The summed E-state index contributed by atoms with van der Waals surface area (Å²) in [4.78, 5) is 11.1. The number of benzene rings is 1. The summed E-state index contributed by atoms with van der Waals surface area (Å²) >= 11 is 5.71. The molecule has 0 aliphatic carbocycles. The van der Waals surface area contributed by atoms with Crippen molar-refractivity contribution >= 4 is 27.5 Å². The molecule has 0 atom stereocenters. The van der Waals surface area contributed by atoms with Gasteiger partial charge in [0.1, 0.15) is 4.90 Å². The fraction of sp³-hybridized carbons (Fsp3) is 0.462. The number of amides is 1. The highest BCUT2D eigenvalue weighted by Gasteiger charge is 2.22. The largest absolute Gasteiger partial charge is 0.352 e. The fourth-order valence-corrected chi connectivity index (χ4v) is 2.72. The maximum atomic E-state index is 14.1. The van der Waals surface area contributed by atoms with Crippen LogP contribution in [0.5, 0.6) is 0 Å². The van der Waals surface area contributed by atoms with E-state index in [1.165, 1.54) is 0 Å². The molecule has 0 spiro atoms. The Labute approximate surface area is 128 Å². The Hall–Kier alpha value is -1.18. The van der Waals surface area contributed by atoms with E-state index in [0.29, 0.717) is 6.54 Å². The Morgan fingerprint density at radius 3 is 2.57 bits per heavy atom. The first-order chi connectivity index (χ1) is 9.77. The number of nitrogens with two attached hydrogens (primary N) is 1. The lowest BCUT2D eigenvalue weighted by Gasteiger charge is -2.09. The zero-order valence-electron chi connectivity index (χ0n) is 11.7. The number of primary sulfonamides is 1. The average molecular weight is 337 g/mol. The van der Waals surface area contributed by atoms with E-state index in [2.05, 4.69) is 12.2 Å². The zero-order valence-corrected chi connectivity index (χ0v) is 13.2. The summed E-state index contributed by atoms with van der Waals surface area (Å²) in [5, 5.41) is 7.35. The van der Waals surface area contributed by atoms with Crippen LogP contribution >= 0.6 is 11.6 Å². The number of hydrogen-bond donors (Lipinski definition) is 2. The second-order valence-corrected chi connectivity index (χ2v) is 6.59. The maximum absolute atomic E-state index is 14.1. The van der Waals surface area contributed by atoms with Gasteiger partial charge in [0.15, 0.2) is 5.82 Å². The Morgan fingerprint density at radius 2 is 2.00 bits per heavy atom. The van der Waals surface area contributed by atoms with Gasteiger partial charge in [-0.1, -0.05) is 37.8 Å². The molecule has 8 heteroatoms. The minimum Gasteiger partial charge on any atom is -0.352 e. The summed E-state index contributed by atoms with van der Waals surface area (Å²) in [6, 6.07) is 1.96. The number of sulfonamides is 1. The van der Waals surface area contributed by atoms with Gasteiger partial charge in [0, 0.05) is 11.6 Å². The summed E-state index contributed by atoms with van der Waals surface area (Å²) in [7, 11) is -4.28. The molecule has 3 N–H and O–H groups in total. The van der Waals surface area contributed by atoms with E-state index >= 15 is 0 Å². The first kappa shape index (κ1) is 17.9. The number of unbranched alkanes of at least 4 members (excludes halogenated alkanes) is 3. The van der Waals surface area contributed by atoms with Crippen molar-refractivity contribution in [3.8, 4) is 0 Å². The Balaban J connectivity index is 2.88. The molecule has 21 heavy (non-hydrogen) atoms. The SMILES string of the molecule is CCCCCCNC(=O)c1cc(Cl)cc(S(N)(=O)=O)c1F. The normalized spacial score (nSPS) is 11.4. The van der Waals surface area contributed by atoms with Crippen molar-refractivity contribution in [1.82, 2.24) is 5.32 Å². The first-order valence-corrected chi connectivity index (χ1v) is 8.49. The third-order valence-electron chi connectivity index (χ3n) is 2.87. The highest BCUT2D eigenvalue weighted by molar-refractivity contribution is 7.89. The van der Waals surface area contributed by atoms with Crippen molar-refractivity contribution in [2.75, 3.05) is 6.54 Å². The quantitative estimate of drug-likeness (QED) is 0.749. The van der Waals surface area contributed by atoms with Crippen molar-refractivity contribution in [2.24, 2.45) is 5.14 Å². The zero-order chi connectivity index (χ0) is 16.0. The van der Waals surface area contributed by atoms with Crippen LogP contribution in [0.15, 0.2) is 17.0 Å². The molecule has 5 nitrogen and oxygen atoms in total. The molecule has 1 amide bonds. The van der Waals surface area contributed by atoms with Gasteiger partial charge in [0.05, 0.1) is 5.56 Å². The van der Waals surface area contributed by atoms with Crippen molar-refractivity contribution in [3.05, 3.63) is 28.5 Å². The third-order valence-corrected chi connectivity index (χ3v) is 4.00. The summed E-state index contributed by atoms with van der Waals surface area (Å²) in [5.41, 5.74) is -0.429. The van der Waals surface area contributed by atoms with Crippen LogP contribution in [0.2, 0.25) is 5.02 Å². The van der Waals surface area contributed by atoms with Crippen LogP contribution in [-0.4, -0.2) is 20.9 Å². The van der Waals surface area contributed by atoms with Crippen LogP contribution in [0.1, 0.15) is 43.0 Å².